The van der Waals surface area contributed by atoms with E-state index < -0.39 is 17.8 Å². The summed E-state index contributed by atoms with van der Waals surface area (Å²) < 4.78 is 32.9. The summed E-state index contributed by atoms with van der Waals surface area (Å²) in [5.41, 5.74) is 1.58. The van der Waals surface area contributed by atoms with Crippen LogP contribution < -0.4 is 15.0 Å². The monoisotopic (exact) mass is 381 g/mol. The molecule has 0 fully saturated rings. The average molecular weight is 381 g/mol. The van der Waals surface area contributed by atoms with Gasteiger partial charge in [0.1, 0.15) is 17.4 Å². The molecule has 28 heavy (non-hydrogen) atoms. The number of benzene rings is 2. The highest BCUT2D eigenvalue weighted by Crippen LogP contribution is 2.37. The molecule has 0 aliphatic carbocycles. The van der Waals surface area contributed by atoms with E-state index in [9.17, 15) is 13.6 Å². The van der Waals surface area contributed by atoms with Crippen LogP contribution in [0.2, 0.25) is 0 Å². The molecule has 1 aliphatic rings. The minimum absolute atomic E-state index is 0.0774. The topological polar surface area (TPSA) is 54.5 Å². The lowest BCUT2D eigenvalue weighted by Crippen LogP contribution is -2.32. The van der Waals surface area contributed by atoms with Crippen LogP contribution in [-0.2, 0) is 0 Å². The van der Waals surface area contributed by atoms with E-state index >= 15 is 0 Å². The van der Waals surface area contributed by atoms with E-state index in [4.69, 9.17) is 4.74 Å². The number of amides is 1. The van der Waals surface area contributed by atoms with Gasteiger partial charge in [-0.3, -0.25) is 14.7 Å². The molecular weight excluding hydrogens is 364 g/mol. The Morgan fingerprint density at radius 3 is 2.64 bits per heavy atom. The molecule has 0 saturated heterocycles. The van der Waals surface area contributed by atoms with Gasteiger partial charge in [0.2, 0.25) is 0 Å². The number of carbonyl (C=O) groups excluding carboxylic acids is 1. The van der Waals surface area contributed by atoms with Crippen molar-refractivity contribution >= 4 is 17.3 Å². The molecule has 1 amide bonds. The van der Waals surface area contributed by atoms with Crippen LogP contribution in [0, 0.1) is 11.6 Å². The normalized spacial score (nSPS) is 15.5. The minimum Gasteiger partial charge on any atom is -0.494 e. The van der Waals surface area contributed by atoms with Crippen LogP contribution in [-0.4, -0.2) is 17.5 Å². The van der Waals surface area contributed by atoms with E-state index in [0.29, 0.717) is 29.3 Å². The number of carbonyl (C=O) groups is 1. The van der Waals surface area contributed by atoms with Gasteiger partial charge in [-0.1, -0.05) is 0 Å². The van der Waals surface area contributed by atoms with E-state index in [1.807, 2.05) is 6.92 Å². The molecule has 2 heterocycles. The fourth-order valence-electron chi connectivity index (χ4n) is 3.21. The summed E-state index contributed by atoms with van der Waals surface area (Å²) in [6.07, 6.45) is 0.838. The third kappa shape index (κ3) is 3.15. The third-order valence-corrected chi connectivity index (χ3v) is 4.45. The molecule has 7 heteroatoms. The number of anilines is 2. The number of nitrogens with one attached hydrogen (secondary N) is 1. The van der Waals surface area contributed by atoms with Gasteiger partial charge in [-0.15, -0.1) is 0 Å². The van der Waals surface area contributed by atoms with Crippen LogP contribution >= 0.6 is 0 Å². The van der Waals surface area contributed by atoms with Crippen molar-refractivity contribution in [2.45, 2.75) is 13.1 Å². The zero-order valence-electron chi connectivity index (χ0n) is 15.0. The van der Waals surface area contributed by atoms with E-state index in [1.54, 1.807) is 42.6 Å². The molecule has 4 rings (SSSR count). The molecule has 0 unspecified atom stereocenters. The second kappa shape index (κ2) is 7.26. The van der Waals surface area contributed by atoms with E-state index in [0.717, 1.165) is 12.1 Å². The van der Waals surface area contributed by atoms with Crippen molar-refractivity contribution in [3.63, 3.8) is 0 Å². The maximum absolute atomic E-state index is 14.2. The van der Waals surface area contributed by atoms with Crippen LogP contribution in [0.15, 0.2) is 60.8 Å². The zero-order valence-corrected chi connectivity index (χ0v) is 15.0. The van der Waals surface area contributed by atoms with Crippen molar-refractivity contribution in [2.75, 3.05) is 16.8 Å². The van der Waals surface area contributed by atoms with Gasteiger partial charge >= 0.3 is 0 Å². The quantitative estimate of drug-likeness (QED) is 0.706. The summed E-state index contributed by atoms with van der Waals surface area (Å²) in [7, 11) is 0. The molecule has 0 bridgehead atoms. The summed E-state index contributed by atoms with van der Waals surface area (Å²) in [6, 6.07) is 13.6. The van der Waals surface area contributed by atoms with E-state index in [-0.39, 0.29) is 11.6 Å². The van der Waals surface area contributed by atoms with E-state index in [2.05, 4.69) is 10.3 Å². The number of hydrogen-bond donors (Lipinski definition) is 1. The van der Waals surface area contributed by atoms with Gasteiger partial charge in [0.25, 0.3) is 5.91 Å². The zero-order chi connectivity index (χ0) is 19.7. The number of halogens is 2. The van der Waals surface area contributed by atoms with Crippen LogP contribution in [0.5, 0.6) is 5.75 Å². The van der Waals surface area contributed by atoms with Gasteiger partial charge < -0.3 is 10.1 Å². The summed E-state index contributed by atoms with van der Waals surface area (Å²) in [4.78, 5) is 18.8. The lowest BCUT2D eigenvalue weighted by molar-refractivity contribution is 0.0993. The number of rotatable bonds is 5. The van der Waals surface area contributed by atoms with Crippen molar-refractivity contribution in [1.82, 2.24) is 4.98 Å². The Morgan fingerprint density at radius 1 is 1.14 bits per heavy atom. The highest BCUT2D eigenvalue weighted by molar-refractivity contribution is 6.11. The molecule has 2 aromatic carbocycles. The van der Waals surface area contributed by atoms with Crippen molar-refractivity contribution in [1.29, 1.82) is 0 Å². The summed E-state index contributed by atoms with van der Waals surface area (Å²) in [6.45, 7) is 2.42. The summed E-state index contributed by atoms with van der Waals surface area (Å²) in [5, 5.41) is 2.98. The fraction of sp³-hybridized carbons (Fsp3) is 0.143. The van der Waals surface area contributed by atoms with Gasteiger partial charge in [-0.2, -0.15) is 0 Å². The molecule has 1 atom stereocenters. The largest absolute Gasteiger partial charge is 0.494 e. The second-order valence-corrected chi connectivity index (χ2v) is 6.21. The second-order valence-electron chi connectivity index (χ2n) is 6.21. The SMILES string of the molecule is CCOc1ccc(N2C(=O)c3cccnc3[C@@H]2Nc2ccc(F)cc2F)cc1. The highest BCUT2D eigenvalue weighted by atomic mass is 19.1. The van der Waals surface area contributed by atoms with Gasteiger partial charge in [-0.25, -0.2) is 8.78 Å². The highest BCUT2D eigenvalue weighted by Gasteiger charge is 2.39. The lowest BCUT2D eigenvalue weighted by Gasteiger charge is -2.27. The molecule has 5 nitrogen and oxygen atoms in total. The van der Waals surface area contributed by atoms with Crippen molar-refractivity contribution < 1.29 is 18.3 Å². The molecule has 0 spiro atoms. The van der Waals surface area contributed by atoms with Gasteiger partial charge in [0.15, 0.2) is 6.17 Å². The maximum atomic E-state index is 14.2. The maximum Gasteiger partial charge on any atom is 0.262 e. The van der Waals surface area contributed by atoms with E-state index in [1.165, 1.54) is 11.0 Å². The lowest BCUT2D eigenvalue weighted by atomic mass is 10.2. The molecule has 1 aromatic heterocycles. The molecule has 1 N–H and O–H groups in total. The Hall–Kier alpha value is -3.48. The van der Waals surface area contributed by atoms with Gasteiger partial charge in [0.05, 0.1) is 23.6 Å². The predicted molar refractivity (Wildman–Crippen MR) is 101 cm³/mol. The van der Waals surface area contributed by atoms with Crippen molar-refractivity contribution in [2.24, 2.45) is 0 Å². The Bertz CT molecular complexity index is 1020. The smallest absolute Gasteiger partial charge is 0.262 e. The Kier molecular flexibility index (Phi) is 4.65. The first-order chi connectivity index (χ1) is 13.6. The minimum atomic E-state index is -0.747. The molecule has 1 aliphatic heterocycles. The van der Waals surface area contributed by atoms with Crippen LogP contribution in [0.1, 0.15) is 29.1 Å². The number of ether oxygens (including phenoxy) is 1. The van der Waals surface area contributed by atoms with Crippen LogP contribution in [0.3, 0.4) is 0 Å². The summed E-state index contributed by atoms with van der Waals surface area (Å²) >= 11 is 0. The number of pyridine rings is 1. The molecule has 3 aromatic rings. The van der Waals surface area contributed by atoms with Gasteiger partial charge in [-0.05, 0) is 55.5 Å². The molecule has 142 valence electrons. The number of fused-ring (bicyclic) bond motifs is 1. The molecule has 0 radical (unpaired) electrons. The van der Waals surface area contributed by atoms with Gasteiger partial charge in [0, 0.05) is 18.0 Å². The molecular formula is C21H17F2N3O2. The average Bonchev–Trinajstić information content (AvgIpc) is 2.97. The fourth-order valence-corrected chi connectivity index (χ4v) is 3.21. The first-order valence-corrected chi connectivity index (χ1v) is 8.81. The third-order valence-electron chi connectivity index (χ3n) is 4.45. The Morgan fingerprint density at radius 2 is 1.93 bits per heavy atom. The summed E-state index contributed by atoms with van der Waals surface area (Å²) in [5.74, 6) is -0.995. The van der Waals surface area contributed by atoms with Crippen LogP contribution in [0.4, 0.5) is 20.2 Å². The predicted octanol–water partition coefficient (Wildman–Crippen LogP) is 4.53. The number of nitrogens with zero attached hydrogens (tertiary/aromatic N) is 2. The first-order valence-electron chi connectivity index (χ1n) is 8.81. The standard InChI is InChI=1S/C21H17F2N3O2/c1-2-28-15-8-6-14(7-9-15)26-20(19-16(21(26)27)4-3-11-24-19)25-18-10-5-13(22)12-17(18)23/h3-12,20,25H,2H2,1H3/t20-/m1/s1. The van der Waals surface area contributed by atoms with Crippen molar-refractivity contribution in [3.8, 4) is 5.75 Å². The van der Waals surface area contributed by atoms with Crippen LogP contribution in [0.25, 0.3) is 0 Å². The van der Waals surface area contributed by atoms with Crippen molar-refractivity contribution in [3.05, 3.63) is 83.7 Å². The Labute approximate surface area is 160 Å². The number of aromatic nitrogens is 1. The molecule has 0 saturated carbocycles. The Balaban J connectivity index is 1.74. The number of hydrogen-bond acceptors (Lipinski definition) is 4. The first kappa shape index (κ1) is 17.9.